The van der Waals surface area contributed by atoms with E-state index in [1.165, 1.54) is 12.1 Å². The molecule has 0 bridgehead atoms. The molecule has 3 aromatic carbocycles. The molecule has 146 valence electrons. The Hall–Kier alpha value is -3.52. The molecule has 0 aliphatic carbocycles. The van der Waals surface area contributed by atoms with Crippen LogP contribution in [0, 0.1) is 12.7 Å². The molecule has 0 unspecified atom stereocenters. The maximum Gasteiger partial charge on any atom is 0.261 e. The lowest BCUT2D eigenvalue weighted by Gasteiger charge is -2.09. The summed E-state index contributed by atoms with van der Waals surface area (Å²) in [5.74, 6) is 0.174. The van der Waals surface area contributed by atoms with Gasteiger partial charge in [0.05, 0.1) is 4.90 Å². The van der Waals surface area contributed by atoms with Crippen LogP contribution in [0.25, 0.3) is 22.8 Å². The van der Waals surface area contributed by atoms with Crippen molar-refractivity contribution in [3.8, 4) is 22.8 Å². The lowest BCUT2D eigenvalue weighted by atomic mass is 10.2. The fourth-order valence-electron chi connectivity index (χ4n) is 2.70. The second kappa shape index (κ2) is 7.48. The lowest BCUT2D eigenvalue weighted by Crippen LogP contribution is -2.12. The molecule has 1 heterocycles. The average Bonchev–Trinajstić information content (AvgIpc) is 3.19. The summed E-state index contributed by atoms with van der Waals surface area (Å²) in [7, 11) is -3.72. The highest BCUT2D eigenvalue weighted by Crippen LogP contribution is 2.25. The van der Waals surface area contributed by atoms with Gasteiger partial charge in [0.2, 0.25) is 5.82 Å². The number of nitrogens with one attached hydrogen (secondary N) is 1. The molecule has 0 atom stereocenters. The topological polar surface area (TPSA) is 85.1 Å². The monoisotopic (exact) mass is 409 g/mol. The van der Waals surface area contributed by atoms with Gasteiger partial charge in [-0.1, -0.05) is 35.0 Å². The van der Waals surface area contributed by atoms with Crippen molar-refractivity contribution in [3.05, 3.63) is 84.2 Å². The lowest BCUT2D eigenvalue weighted by molar-refractivity contribution is 0.432. The number of rotatable bonds is 5. The number of nitrogens with zero attached hydrogens (tertiary/aromatic N) is 2. The second-order valence-electron chi connectivity index (χ2n) is 6.43. The number of anilines is 1. The van der Waals surface area contributed by atoms with Crippen molar-refractivity contribution in [1.82, 2.24) is 10.1 Å². The van der Waals surface area contributed by atoms with E-state index in [1.54, 1.807) is 60.7 Å². The zero-order chi connectivity index (χ0) is 20.4. The highest BCUT2D eigenvalue weighted by molar-refractivity contribution is 7.92. The van der Waals surface area contributed by atoms with Crippen molar-refractivity contribution in [2.45, 2.75) is 11.8 Å². The van der Waals surface area contributed by atoms with Gasteiger partial charge in [0, 0.05) is 16.8 Å². The van der Waals surface area contributed by atoms with Crippen molar-refractivity contribution in [3.63, 3.8) is 0 Å². The third kappa shape index (κ3) is 4.17. The maximum atomic E-state index is 13.1. The number of halogens is 1. The van der Waals surface area contributed by atoms with Crippen molar-refractivity contribution >= 4 is 15.7 Å². The molecule has 0 aliphatic rings. The standard InChI is InChI=1S/C21H16FN3O3S/c1-14-5-11-19(12-6-14)29(26,27)25-18-4-2-3-16(13-18)20-23-21(28-24-20)15-7-9-17(22)10-8-15/h2-13,25H,1H3. The molecule has 0 radical (unpaired) electrons. The molecule has 4 rings (SSSR count). The summed E-state index contributed by atoms with van der Waals surface area (Å²) >= 11 is 0. The average molecular weight is 409 g/mol. The van der Waals surface area contributed by atoms with E-state index in [2.05, 4.69) is 14.9 Å². The third-order valence-electron chi connectivity index (χ3n) is 4.22. The first-order valence-corrected chi connectivity index (χ1v) is 10.2. The normalized spacial score (nSPS) is 11.4. The highest BCUT2D eigenvalue weighted by Gasteiger charge is 2.15. The molecular formula is C21H16FN3O3S. The van der Waals surface area contributed by atoms with E-state index < -0.39 is 10.0 Å². The van der Waals surface area contributed by atoms with Crippen LogP contribution in [0.2, 0.25) is 0 Å². The minimum absolute atomic E-state index is 0.173. The Bertz CT molecular complexity index is 1250. The van der Waals surface area contributed by atoms with Crippen LogP contribution in [0.3, 0.4) is 0 Å². The number of aryl methyl sites for hydroxylation is 1. The van der Waals surface area contributed by atoms with Crippen LogP contribution in [0.5, 0.6) is 0 Å². The summed E-state index contributed by atoms with van der Waals surface area (Å²) in [5, 5.41) is 3.93. The Morgan fingerprint density at radius 2 is 1.66 bits per heavy atom. The first kappa shape index (κ1) is 18.8. The van der Waals surface area contributed by atoms with E-state index in [4.69, 9.17) is 4.52 Å². The maximum absolute atomic E-state index is 13.1. The number of sulfonamides is 1. The Morgan fingerprint density at radius 3 is 2.38 bits per heavy atom. The summed E-state index contributed by atoms with van der Waals surface area (Å²) in [6.07, 6.45) is 0. The molecule has 0 fully saturated rings. The van der Waals surface area contributed by atoms with E-state index in [-0.39, 0.29) is 16.6 Å². The van der Waals surface area contributed by atoms with Gasteiger partial charge < -0.3 is 4.52 Å². The van der Waals surface area contributed by atoms with Gasteiger partial charge in [-0.3, -0.25) is 4.72 Å². The van der Waals surface area contributed by atoms with Crippen LogP contribution >= 0.6 is 0 Å². The van der Waals surface area contributed by atoms with Gasteiger partial charge in [0.1, 0.15) is 5.82 Å². The van der Waals surface area contributed by atoms with E-state index in [0.29, 0.717) is 22.6 Å². The largest absolute Gasteiger partial charge is 0.334 e. The molecule has 1 N–H and O–H groups in total. The molecule has 0 spiro atoms. The van der Waals surface area contributed by atoms with Crippen LogP contribution < -0.4 is 4.72 Å². The first-order chi connectivity index (χ1) is 13.9. The Labute approximate surface area is 167 Å². The molecule has 29 heavy (non-hydrogen) atoms. The zero-order valence-electron chi connectivity index (χ0n) is 15.3. The summed E-state index contributed by atoms with van der Waals surface area (Å²) in [6.45, 7) is 1.89. The Kier molecular flexibility index (Phi) is 4.85. The van der Waals surface area contributed by atoms with Crippen LogP contribution in [-0.4, -0.2) is 18.6 Å². The van der Waals surface area contributed by atoms with Gasteiger partial charge in [0.25, 0.3) is 15.9 Å². The predicted molar refractivity (Wildman–Crippen MR) is 107 cm³/mol. The van der Waals surface area contributed by atoms with E-state index in [1.807, 2.05) is 6.92 Å². The van der Waals surface area contributed by atoms with Crippen LogP contribution in [-0.2, 0) is 10.0 Å². The minimum Gasteiger partial charge on any atom is -0.334 e. The van der Waals surface area contributed by atoms with Gasteiger partial charge in [0.15, 0.2) is 0 Å². The SMILES string of the molecule is Cc1ccc(S(=O)(=O)Nc2cccc(-c3noc(-c4ccc(F)cc4)n3)c2)cc1. The summed E-state index contributed by atoms with van der Waals surface area (Å²) in [6, 6.07) is 18.9. The minimum atomic E-state index is -3.72. The highest BCUT2D eigenvalue weighted by atomic mass is 32.2. The van der Waals surface area contributed by atoms with Gasteiger partial charge in [-0.25, -0.2) is 12.8 Å². The third-order valence-corrected chi connectivity index (χ3v) is 5.62. The molecule has 0 amide bonds. The molecule has 4 aromatic rings. The van der Waals surface area contributed by atoms with Crippen molar-refractivity contribution < 1.29 is 17.3 Å². The number of hydrogen-bond donors (Lipinski definition) is 1. The van der Waals surface area contributed by atoms with Gasteiger partial charge >= 0.3 is 0 Å². The molecule has 0 saturated carbocycles. The molecule has 8 heteroatoms. The predicted octanol–water partition coefficient (Wildman–Crippen LogP) is 4.65. The van der Waals surface area contributed by atoms with Gasteiger partial charge in [-0.15, -0.1) is 0 Å². The Morgan fingerprint density at radius 1 is 0.931 bits per heavy atom. The van der Waals surface area contributed by atoms with Gasteiger partial charge in [-0.05, 0) is 55.5 Å². The zero-order valence-corrected chi connectivity index (χ0v) is 16.2. The number of hydrogen-bond acceptors (Lipinski definition) is 5. The van der Waals surface area contributed by atoms with Crippen molar-refractivity contribution in [1.29, 1.82) is 0 Å². The fraction of sp³-hybridized carbons (Fsp3) is 0.0476. The summed E-state index contributed by atoms with van der Waals surface area (Å²) in [5.41, 5.74) is 2.50. The van der Waals surface area contributed by atoms with E-state index in [9.17, 15) is 12.8 Å². The van der Waals surface area contributed by atoms with Crippen LogP contribution in [0.15, 0.2) is 82.2 Å². The van der Waals surface area contributed by atoms with E-state index in [0.717, 1.165) is 5.56 Å². The quantitative estimate of drug-likeness (QED) is 0.519. The molecule has 6 nitrogen and oxygen atoms in total. The van der Waals surface area contributed by atoms with E-state index >= 15 is 0 Å². The molecular weight excluding hydrogens is 393 g/mol. The fourth-order valence-corrected chi connectivity index (χ4v) is 3.75. The van der Waals surface area contributed by atoms with Crippen molar-refractivity contribution in [2.75, 3.05) is 4.72 Å². The summed E-state index contributed by atoms with van der Waals surface area (Å²) in [4.78, 5) is 4.48. The number of aromatic nitrogens is 2. The van der Waals surface area contributed by atoms with Crippen LogP contribution in [0.1, 0.15) is 5.56 Å². The Balaban J connectivity index is 1.59. The second-order valence-corrected chi connectivity index (χ2v) is 8.11. The van der Waals surface area contributed by atoms with Crippen LogP contribution in [0.4, 0.5) is 10.1 Å². The number of benzene rings is 3. The molecule has 1 aromatic heterocycles. The smallest absolute Gasteiger partial charge is 0.261 e. The van der Waals surface area contributed by atoms with Crippen molar-refractivity contribution in [2.24, 2.45) is 0 Å². The molecule has 0 aliphatic heterocycles. The van der Waals surface area contributed by atoms with Gasteiger partial charge in [-0.2, -0.15) is 4.98 Å². The first-order valence-electron chi connectivity index (χ1n) is 8.70. The molecule has 0 saturated heterocycles. The summed E-state index contributed by atoms with van der Waals surface area (Å²) < 4.78 is 46.0.